The minimum atomic E-state index is -4.67. The highest BCUT2D eigenvalue weighted by Crippen LogP contribution is 2.52. The third-order valence-electron chi connectivity index (χ3n) is 5.45. The topological polar surface area (TPSA) is 75.2 Å². The fraction of sp³-hybridized carbons (Fsp3) is 1.00. The number of unbranched alkanes of at least 4 members (excludes halogenated alkanes) is 2. The van der Waals surface area contributed by atoms with E-state index in [2.05, 4.69) is 26.1 Å². The molecule has 0 aromatic heterocycles. The van der Waals surface area contributed by atoms with Gasteiger partial charge < -0.3 is 19.7 Å². The van der Waals surface area contributed by atoms with Crippen LogP contribution in [0.1, 0.15) is 104 Å². The Morgan fingerprint density at radius 3 is 1.83 bits per heavy atom. The smallest absolute Gasteiger partial charge is 0.0462 e. The van der Waals surface area contributed by atoms with Crippen LogP contribution in [-0.2, 0) is 4.57 Å². The predicted octanol–water partition coefficient (Wildman–Crippen LogP) is 4.07. The van der Waals surface area contributed by atoms with Crippen molar-refractivity contribution < 1.29 is 14.4 Å². The zero-order valence-corrected chi connectivity index (χ0v) is 16.3. The van der Waals surface area contributed by atoms with Crippen molar-refractivity contribution in [2.75, 3.05) is 0 Å². The number of nitrogens with one attached hydrogen (secondary N) is 1. The van der Waals surface area contributed by atoms with Gasteiger partial charge in [-0.05, 0) is 39.7 Å². The van der Waals surface area contributed by atoms with E-state index < -0.39 is 12.9 Å². The Labute approximate surface area is 143 Å². The predicted molar refractivity (Wildman–Crippen MR) is 93.2 cm³/mol. The van der Waals surface area contributed by atoms with Crippen molar-refractivity contribution >= 4 is 7.60 Å². The maximum atomic E-state index is 12.1. The van der Waals surface area contributed by atoms with Crippen LogP contribution in [0.25, 0.3) is 0 Å². The summed E-state index contributed by atoms with van der Waals surface area (Å²) in [5.41, 5.74) is -0.192. The molecule has 0 spiro atoms. The van der Waals surface area contributed by atoms with Crippen molar-refractivity contribution in [1.82, 2.24) is 5.32 Å². The van der Waals surface area contributed by atoms with E-state index in [0.29, 0.717) is 12.8 Å². The van der Waals surface area contributed by atoms with Crippen molar-refractivity contribution in [3.8, 4) is 0 Å². The van der Waals surface area contributed by atoms with E-state index in [1.165, 1.54) is 0 Å². The lowest BCUT2D eigenvalue weighted by Gasteiger charge is -2.57. The monoisotopic (exact) mass is 345 g/mol. The van der Waals surface area contributed by atoms with Crippen LogP contribution in [0.3, 0.4) is 0 Å². The summed E-state index contributed by atoms with van der Waals surface area (Å²) < 4.78 is 12.1. The van der Waals surface area contributed by atoms with Gasteiger partial charge in [-0.2, -0.15) is 0 Å². The molecule has 0 aromatic carbocycles. The molecule has 0 aromatic rings. The van der Waals surface area contributed by atoms with Gasteiger partial charge in [-0.1, -0.05) is 72.1 Å². The average molecular weight is 345 g/mol. The fourth-order valence-electron chi connectivity index (χ4n) is 4.17. The molecule has 23 heavy (non-hydrogen) atoms. The van der Waals surface area contributed by atoms with Gasteiger partial charge >= 0.3 is 0 Å². The Hall–Kier alpha value is 0.110. The van der Waals surface area contributed by atoms with Crippen LogP contribution in [0.5, 0.6) is 0 Å². The summed E-state index contributed by atoms with van der Waals surface area (Å²) in [7, 11) is -4.67. The number of hydrogen-bond donors (Lipinski definition) is 1. The van der Waals surface area contributed by atoms with Crippen LogP contribution in [-0.4, -0.2) is 10.8 Å². The van der Waals surface area contributed by atoms with Crippen molar-refractivity contribution in [3.05, 3.63) is 0 Å². The third kappa shape index (κ3) is 5.85. The van der Waals surface area contributed by atoms with Gasteiger partial charge in [-0.15, -0.1) is 0 Å². The molecule has 1 saturated carbocycles. The molecule has 0 bridgehead atoms. The highest BCUT2D eigenvalue weighted by molar-refractivity contribution is 7.50. The van der Waals surface area contributed by atoms with Crippen molar-refractivity contribution in [2.45, 2.75) is 115 Å². The molecule has 5 heteroatoms. The first-order chi connectivity index (χ1) is 10.8. The average Bonchev–Trinajstić information content (AvgIpc) is 2.51. The first-order valence-electron chi connectivity index (χ1n) is 9.66. The van der Waals surface area contributed by atoms with Gasteiger partial charge in [0.15, 0.2) is 0 Å². The molecule has 1 N–H and O–H groups in total. The largest absolute Gasteiger partial charge is 0.809 e. The zero-order valence-electron chi connectivity index (χ0n) is 15.4. The fourth-order valence-corrected chi connectivity index (χ4v) is 5.41. The molecular weight excluding hydrogens is 309 g/mol. The van der Waals surface area contributed by atoms with Crippen LogP contribution >= 0.6 is 7.60 Å². The maximum Gasteiger partial charge on any atom is 0.0462 e. The highest BCUT2D eigenvalue weighted by atomic mass is 31.2. The Bertz CT molecular complexity index is 366. The lowest BCUT2D eigenvalue weighted by atomic mass is 9.80. The Morgan fingerprint density at radius 2 is 1.43 bits per heavy atom. The summed E-state index contributed by atoms with van der Waals surface area (Å²) >= 11 is 0. The van der Waals surface area contributed by atoms with Gasteiger partial charge in [0.1, 0.15) is 0 Å². The molecule has 1 aliphatic rings. The second-order valence-electron chi connectivity index (χ2n) is 7.45. The van der Waals surface area contributed by atoms with Gasteiger partial charge in [-0.3, -0.25) is 0 Å². The number of hydrogen-bond acceptors (Lipinski definition) is 4. The van der Waals surface area contributed by atoms with E-state index in [9.17, 15) is 14.4 Å². The van der Waals surface area contributed by atoms with Crippen molar-refractivity contribution in [3.63, 3.8) is 0 Å². The van der Waals surface area contributed by atoms with E-state index in [4.69, 9.17) is 0 Å². The molecule has 1 rings (SSSR count). The Kier molecular flexibility index (Phi) is 8.79. The van der Waals surface area contributed by atoms with E-state index in [1.807, 2.05) is 0 Å². The zero-order chi connectivity index (χ0) is 17.4. The first kappa shape index (κ1) is 21.2. The number of rotatable bonds is 11. The molecule has 0 aliphatic heterocycles. The lowest BCUT2D eigenvalue weighted by Crippen LogP contribution is -2.61. The Morgan fingerprint density at radius 1 is 0.913 bits per heavy atom. The molecule has 138 valence electrons. The quantitative estimate of drug-likeness (QED) is 0.573. The molecule has 0 radical (unpaired) electrons. The first-order valence-corrected chi connectivity index (χ1v) is 11.2. The van der Waals surface area contributed by atoms with Gasteiger partial charge in [0, 0.05) is 10.8 Å². The minimum absolute atomic E-state index is 0.192. The second kappa shape index (κ2) is 9.56. The molecule has 1 fully saturated rings. The summed E-state index contributed by atoms with van der Waals surface area (Å²) in [6.45, 7) is 6.48. The summed E-state index contributed by atoms with van der Waals surface area (Å²) in [6, 6.07) is 0. The normalized spacial score (nSPS) is 19.0. The van der Waals surface area contributed by atoms with Crippen LogP contribution in [0, 0.1) is 0 Å². The summed E-state index contributed by atoms with van der Waals surface area (Å²) in [5, 5.41) is 2.30. The molecule has 0 atom stereocenters. The third-order valence-corrected chi connectivity index (χ3v) is 7.06. The molecule has 4 nitrogen and oxygen atoms in total. The minimum Gasteiger partial charge on any atom is -0.809 e. The van der Waals surface area contributed by atoms with Crippen LogP contribution in [0.2, 0.25) is 0 Å². The molecule has 0 heterocycles. The van der Waals surface area contributed by atoms with Gasteiger partial charge in [0.2, 0.25) is 0 Å². The summed E-state index contributed by atoms with van der Waals surface area (Å²) in [6.07, 6.45) is 11.9. The maximum absolute atomic E-state index is 12.1. The van der Waals surface area contributed by atoms with Crippen molar-refractivity contribution in [1.29, 1.82) is 0 Å². The van der Waals surface area contributed by atoms with E-state index in [0.717, 1.165) is 70.6 Å². The van der Waals surface area contributed by atoms with E-state index in [1.54, 1.807) is 0 Å². The van der Waals surface area contributed by atoms with Gasteiger partial charge in [0.05, 0.1) is 0 Å². The van der Waals surface area contributed by atoms with E-state index in [-0.39, 0.29) is 5.54 Å². The summed E-state index contributed by atoms with van der Waals surface area (Å²) in [4.78, 5) is 24.3. The molecular formula is C18H36NO3P-2. The molecule has 0 saturated heterocycles. The van der Waals surface area contributed by atoms with E-state index >= 15 is 0 Å². The summed E-state index contributed by atoms with van der Waals surface area (Å²) in [5.74, 6) is 0. The highest BCUT2D eigenvalue weighted by Gasteiger charge is 2.42. The molecule has 0 unspecified atom stereocenters. The molecule has 0 amide bonds. The van der Waals surface area contributed by atoms with Crippen molar-refractivity contribution in [2.24, 2.45) is 0 Å². The van der Waals surface area contributed by atoms with Crippen LogP contribution < -0.4 is 15.1 Å². The van der Waals surface area contributed by atoms with Gasteiger partial charge in [0.25, 0.3) is 0 Å². The SMILES string of the molecule is CCCCC(CCC)(CCCC)NC1(P(=O)([O-])[O-])CCCCC1. The van der Waals surface area contributed by atoms with Crippen LogP contribution in [0.15, 0.2) is 0 Å². The lowest BCUT2D eigenvalue weighted by molar-refractivity contribution is -0.323. The Balaban J connectivity index is 3.08. The van der Waals surface area contributed by atoms with Gasteiger partial charge in [-0.25, -0.2) is 0 Å². The second-order valence-corrected chi connectivity index (χ2v) is 9.30. The molecule has 1 aliphatic carbocycles. The van der Waals surface area contributed by atoms with Crippen LogP contribution in [0.4, 0.5) is 0 Å². The standard InChI is InChI=1S/C18H38NO3P/c1-4-7-13-17(12-6-3,14-8-5-2)19-18(23(20,21)22)15-10-9-11-16-18/h19H,4-16H2,1-3H3,(H2,20,21,22)/p-2.